The summed E-state index contributed by atoms with van der Waals surface area (Å²) in [6, 6.07) is 14.4. The van der Waals surface area contributed by atoms with Crippen molar-refractivity contribution in [3.63, 3.8) is 0 Å². The van der Waals surface area contributed by atoms with E-state index in [1.54, 1.807) is 35.2 Å². The van der Waals surface area contributed by atoms with E-state index >= 15 is 4.39 Å². The molecule has 0 N–H and O–H groups in total. The Labute approximate surface area is 158 Å². The van der Waals surface area contributed by atoms with Crippen LogP contribution in [0.25, 0.3) is 11.5 Å². The van der Waals surface area contributed by atoms with Gasteiger partial charge in [-0.25, -0.2) is 4.39 Å². The third kappa shape index (κ3) is 3.64. The van der Waals surface area contributed by atoms with Gasteiger partial charge in [0, 0.05) is 31.6 Å². The van der Waals surface area contributed by atoms with Crippen molar-refractivity contribution < 1.29 is 22.1 Å². The summed E-state index contributed by atoms with van der Waals surface area (Å²) in [5, 5.41) is 3.78. The molecule has 0 aliphatic carbocycles. The van der Waals surface area contributed by atoms with E-state index in [4.69, 9.17) is 4.52 Å². The summed E-state index contributed by atoms with van der Waals surface area (Å²) < 4.78 is 60.1. The third-order valence-electron chi connectivity index (χ3n) is 4.86. The average molecular weight is 391 g/mol. The minimum Gasteiger partial charge on any atom is -0.334 e. The Morgan fingerprint density at radius 2 is 1.75 bits per heavy atom. The van der Waals surface area contributed by atoms with Crippen molar-refractivity contribution in [2.75, 3.05) is 13.1 Å². The fourth-order valence-electron chi connectivity index (χ4n) is 3.44. The topological polar surface area (TPSA) is 42.2 Å². The number of rotatable bonds is 4. The second-order valence-electron chi connectivity index (χ2n) is 6.87. The lowest BCUT2D eigenvalue weighted by molar-refractivity contribution is -0.138. The van der Waals surface area contributed by atoms with Crippen LogP contribution in [0.3, 0.4) is 0 Å². The van der Waals surface area contributed by atoms with Gasteiger partial charge in [0.15, 0.2) is 5.67 Å². The average Bonchev–Trinajstić information content (AvgIpc) is 3.30. The van der Waals surface area contributed by atoms with Crippen LogP contribution in [0.1, 0.15) is 23.4 Å². The van der Waals surface area contributed by atoms with Gasteiger partial charge in [-0.3, -0.25) is 4.90 Å². The van der Waals surface area contributed by atoms with E-state index in [0.717, 1.165) is 6.07 Å². The van der Waals surface area contributed by atoms with Crippen molar-refractivity contribution in [2.24, 2.45) is 0 Å². The summed E-state index contributed by atoms with van der Waals surface area (Å²) >= 11 is 0. The van der Waals surface area contributed by atoms with Gasteiger partial charge in [0.25, 0.3) is 5.89 Å². The maximum Gasteiger partial charge on any atom is 0.416 e. The second kappa shape index (κ2) is 7.01. The van der Waals surface area contributed by atoms with E-state index in [9.17, 15) is 13.2 Å². The minimum absolute atomic E-state index is 0.00471. The molecule has 1 atom stereocenters. The molecule has 0 spiro atoms. The molecule has 0 amide bonds. The third-order valence-corrected chi connectivity index (χ3v) is 4.86. The molecule has 0 saturated carbocycles. The number of aromatic nitrogens is 2. The zero-order valence-electron chi connectivity index (χ0n) is 14.8. The summed E-state index contributed by atoms with van der Waals surface area (Å²) in [6.07, 6.45) is -4.35. The molecule has 4 rings (SSSR count). The molecule has 1 aromatic heterocycles. The van der Waals surface area contributed by atoms with Crippen LogP contribution >= 0.6 is 0 Å². The standard InChI is InChI=1S/C20H17F4N3O/c21-19(18-25-17(28-26-18)14-6-2-1-3-7-14)10-11-27(13-19)12-15-8-4-5-9-16(15)20(22,23)24/h1-9H,10-13H2. The number of hydrogen-bond donors (Lipinski definition) is 0. The Bertz CT molecular complexity index is 957. The van der Waals surface area contributed by atoms with Gasteiger partial charge < -0.3 is 4.52 Å². The van der Waals surface area contributed by atoms with E-state index in [2.05, 4.69) is 10.1 Å². The normalized spacial score (nSPS) is 20.6. The smallest absolute Gasteiger partial charge is 0.334 e. The zero-order valence-corrected chi connectivity index (χ0v) is 14.8. The van der Waals surface area contributed by atoms with Gasteiger partial charge >= 0.3 is 6.18 Å². The van der Waals surface area contributed by atoms with Crippen LogP contribution in [0.4, 0.5) is 17.6 Å². The van der Waals surface area contributed by atoms with Crippen molar-refractivity contribution in [1.82, 2.24) is 15.0 Å². The molecule has 1 saturated heterocycles. The first kappa shape index (κ1) is 18.6. The van der Waals surface area contributed by atoms with Crippen LogP contribution in [0.2, 0.25) is 0 Å². The highest BCUT2D eigenvalue weighted by molar-refractivity contribution is 5.52. The highest BCUT2D eigenvalue weighted by atomic mass is 19.4. The van der Waals surface area contributed by atoms with Crippen LogP contribution in [0.5, 0.6) is 0 Å². The predicted molar refractivity (Wildman–Crippen MR) is 93.9 cm³/mol. The van der Waals surface area contributed by atoms with Crippen molar-refractivity contribution in [1.29, 1.82) is 0 Å². The lowest BCUT2D eigenvalue weighted by Crippen LogP contribution is -2.28. The summed E-state index contributed by atoms with van der Waals surface area (Å²) in [7, 11) is 0. The van der Waals surface area contributed by atoms with Gasteiger partial charge in [0.2, 0.25) is 5.82 Å². The molecule has 1 aliphatic heterocycles. The second-order valence-corrected chi connectivity index (χ2v) is 6.87. The van der Waals surface area contributed by atoms with Gasteiger partial charge in [-0.15, -0.1) is 0 Å². The van der Waals surface area contributed by atoms with E-state index in [1.165, 1.54) is 12.1 Å². The minimum atomic E-state index is -4.44. The van der Waals surface area contributed by atoms with Crippen molar-refractivity contribution in [3.8, 4) is 11.5 Å². The lowest BCUT2D eigenvalue weighted by atomic mass is 10.0. The molecule has 0 bridgehead atoms. The number of halogens is 4. The highest BCUT2D eigenvalue weighted by Crippen LogP contribution is 2.37. The first-order chi connectivity index (χ1) is 13.4. The number of hydrogen-bond acceptors (Lipinski definition) is 4. The molecule has 2 heterocycles. The first-order valence-electron chi connectivity index (χ1n) is 8.81. The monoisotopic (exact) mass is 391 g/mol. The number of nitrogens with zero attached hydrogens (tertiary/aromatic N) is 3. The summed E-state index contributed by atoms with van der Waals surface area (Å²) in [4.78, 5) is 5.82. The quantitative estimate of drug-likeness (QED) is 0.598. The Morgan fingerprint density at radius 1 is 1.04 bits per heavy atom. The van der Waals surface area contributed by atoms with Crippen LogP contribution in [0, 0.1) is 0 Å². The molecule has 2 aromatic carbocycles. The molecule has 3 aromatic rings. The largest absolute Gasteiger partial charge is 0.416 e. The maximum absolute atomic E-state index is 15.4. The maximum atomic E-state index is 15.4. The Morgan fingerprint density at radius 3 is 2.50 bits per heavy atom. The van der Waals surface area contributed by atoms with Crippen molar-refractivity contribution in [3.05, 3.63) is 71.5 Å². The molecule has 1 fully saturated rings. The summed E-state index contributed by atoms with van der Waals surface area (Å²) in [6.45, 7) is 0.218. The molecule has 28 heavy (non-hydrogen) atoms. The number of likely N-dealkylation sites (tertiary alicyclic amines) is 1. The fraction of sp³-hybridized carbons (Fsp3) is 0.300. The van der Waals surface area contributed by atoms with Crippen molar-refractivity contribution >= 4 is 0 Å². The Hall–Kier alpha value is -2.74. The molecule has 1 aliphatic rings. The van der Waals surface area contributed by atoms with Gasteiger partial charge in [-0.1, -0.05) is 41.6 Å². The van der Waals surface area contributed by atoms with E-state index < -0.39 is 17.4 Å². The number of alkyl halides is 4. The molecule has 0 radical (unpaired) electrons. The summed E-state index contributed by atoms with van der Waals surface area (Å²) in [5.41, 5.74) is -1.75. The van der Waals surface area contributed by atoms with Gasteiger partial charge in [0.05, 0.1) is 5.56 Å². The zero-order chi connectivity index (χ0) is 19.8. The van der Waals surface area contributed by atoms with Gasteiger partial charge in [-0.2, -0.15) is 18.2 Å². The van der Waals surface area contributed by atoms with Crippen LogP contribution < -0.4 is 0 Å². The van der Waals surface area contributed by atoms with Gasteiger partial charge in [-0.05, 0) is 23.8 Å². The van der Waals surface area contributed by atoms with E-state index in [-0.39, 0.29) is 36.8 Å². The van der Waals surface area contributed by atoms with Crippen LogP contribution in [-0.2, 0) is 18.4 Å². The number of benzene rings is 2. The first-order valence-corrected chi connectivity index (χ1v) is 8.81. The van der Waals surface area contributed by atoms with Crippen LogP contribution in [-0.4, -0.2) is 28.1 Å². The lowest BCUT2D eigenvalue weighted by Gasteiger charge is -2.20. The fourth-order valence-corrected chi connectivity index (χ4v) is 3.44. The highest BCUT2D eigenvalue weighted by Gasteiger charge is 2.44. The van der Waals surface area contributed by atoms with Crippen LogP contribution in [0.15, 0.2) is 59.1 Å². The van der Waals surface area contributed by atoms with Crippen molar-refractivity contribution in [2.45, 2.75) is 24.8 Å². The van der Waals surface area contributed by atoms with Gasteiger partial charge in [0.1, 0.15) is 0 Å². The molecule has 4 nitrogen and oxygen atoms in total. The molecule has 146 valence electrons. The van der Waals surface area contributed by atoms with E-state index in [1.807, 2.05) is 6.07 Å². The summed E-state index contributed by atoms with van der Waals surface area (Å²) in [5.74, 6) is 0.145. The molecular formula is C20H17F4N3O. The molecular weight excluding hydrogens is 374 g/mol. The Kier molecular flexibility index (Phi) is 4.66. The Balaban J connectivity index is 1.51. The SMILES string of the molecule is FC(F)(F)c1ccccc1CN1CCC(F)(c2noc(-c3ccccc3)n2)C1. The molecule has 1 unspecified atom stereocenters. The predicted octanol–water partition coefficient (Wildman–Crippen LogP) is 4.83. The molecule has 8 heteroatoms. The van der Waals surface area contributed by atoms with E-state index in [0.29, 0.717) is 12.1 Å².